The van der Waals surface area contributed by atoms with Gasteiger partial charge in [-0.05, 0) is 19.1 Å². The number of aromatic hydroxyl groups is 1. The summed E-state index contributed by atoms with van der Waals surface area (Å²) in [6.45, 7) is 1.65. The van der Waals surface area contributed by atoms with Crippen LogP contribution in [0.25, 0.3) is 0 Å². The van der Waals surface area contributed by atoms with Crippen LogP contribution < -0.4 is 0 Å². The molecule has 0 atom stereocenters. The van der Waals surface area contributed by atoms with E-state index in [1.807, 2.05) is 6.07 Å². The number of phenolic OH excluding ortho intramolecular Hbond substituents is 1. The lowest BCUT2D eigenvalue weighted by Gasteiger charge is -2.01. The molecule has 3 heteroatoms. The van der Waals surface area contributed by atoms with Gasteiger partial charge in [0.1, 0.15) is 11.8 Å². The molecule has 56 valence electrons. The molecule has 11 heavy (non-hydrogen) atoms. The van der Waals surface area contributed by atoms with E-state index in [2.05, 4.69) is 0 Å². The molecule has 0 radical (unpaired) electrons. The molecule has 0 unspecified atom stereocenters. The van der Waals surface area contributed by atoms with Crippen molar-refractivity contribution >= 4 is 11.6 Å². The first-order valence-electron chi connectivity index (χ1n) is 3.05. The predicted octanol–water partition coefficient (Wildman–Crippen LogP) is 2.23. The molecule has 0 amide bonds. The molecule has 0 saturated heterocycles. The molecule has 1 aromatic carbocycles. The van der Waals surface area contributed by atoms with E-state index in [9.17, 15) is 0 Å². The highest BCUT2D eigenvalue weighted by molar-refractivity contribution is 6.31. The van der Waals surface area contributed by atoms with E-state index in [0.29, 0.717) is 16.1 Å². The van der Waals surface area contributed by atoms with Crippen molar-refractivity contribution in [3.05, 3.63) is 28.3 Å². The van der Waals surface area contributed by atoms with Crippen LogP contribution in [0.1, 0.15) is 11.1 Å². The minimum absolute atomic E-state index is 0.103. The number of phenols is 1. The zero-order valence-electron chi connectivity index (χ0n) is 5.93. The minimum Gasteiger partial charge on any atom is -0.508 e. The van der Waals surface area contributed by atoms with Crippen molar-refractivity contribution in [2.75, 3.05) is 0 Å². The van der Waals surface area contributed by atoms with Crippen molar-refractivity contribution in [2.24, 2.45) is 0 Å². The number of halogens is 1. The van der Waals surface area contributed by atoms with Crippen molar-refractivity contribution < 1.29 is 5.11 Å². The Hall–Kier alpha value is -1.20. The fourth-order valence-electron chi connectivity index (χ4n) is 0.805. The molecule has 1 N–H and O–H groups in total. The van der Waals surface area contributed by atoms with E-state index < -0.39 is 0 Å². The normalized spacial score (nSPS) is 9.18. The molecule has 0 fully saturated rings. The highest BCUT2D eigenvalue weighted by atomic mass is 35.5. The number of nitriles is 1. The van der Waals surface area contributed by atoms with Crippen LogP contribution in [0.4, 0.5) is 0 Å². The number of nitrogens with zero attached hydrogens (tertiary/aromatic N) is 1. The molecule has 0 saturated carbocycles. The SMILES string of the molecule is Cc1c(O)ccc(Cl)c1C#N. The van der Waals surface area contributed by atoms with Crippen LogP contribution in [0.2, 0.25) is 5.02 Å². The van der Waals surface area contributed by atoms with Gasteiger partial charge in [-0.25, -0.2) is 0 Å². The molecular formula is C8H6ClNO. The zero-order valence-corrected chi connectivity index (χ0v) is 6.68. The average molecular weight is 168 g/mol. The fourth-order valence-corrected chi connectivity index (χ4v) is 1.05. The summed E-state index contributed by atoms with van der Waals surface area (Å²) < 4.78 is 0. The molecule has 0 aliphatic heterocycles. The van der Waals surface area contributed by atoms with E-state index in [-0.39, 0.29) is 5.75 Å². The molecule has 0 aliphatic carbocycles. The van der Waals surface area contributed by atoms with Crippen molar-refractivity contribution in [3.8, 4) is 11.8 Å². The molecule has 0 bridgehead atoms. The smallest absolute Gasteiger partial charge is 0.119 e. The molecule has 1 rings (SSSR count). The molecule has 0 aliphatic rings. The van der Waals surface area contributed by atoms with Gasteiger partial charge in [0.25, 0.3) is 0 Å². The Bertz CT molecular complexity index is 328. The van der Waals surface area contributed by atoms with E-state index in [0.717, 1.165) is 0 Å². The first kappa shape index (κ1) is 7.90. The second-order valence-electron chi connectivity index (χ2n) is 2.18. The van der Waals surface area contributed by atoms with Gasteiger partial charge in [0.05, 0.1) is 10.6 Å². The van der Waals surface area contributed by atoms with Crippen LogP contribution in [0.15, 0.2) is 12.1 Å². The highest BCUT2D eigenvalue weighted by Crippen LogP contribution is 2.25. The second-order valence-corrected chi connectivity index (χ2v) is 2.59. The third kappa shape index (κ3) is 1.28. The Morgan fingerprint density at radius 2 is 2.18 bits per heavy atom. The van der Waals surface area contributed by atoms with Gasteiger partial charge in [-0.3, -0.25) is 0 Å². The number of hydrogen-bond donors (Lipinski definition) is 1. The molecule has 0 heterocycles. The number of benzene rings is 1. The average Bonchev–Trinajstić information content (AvgIpc) is 1.99. The molecule has 0 aromatic heterocycles. The summed E-state index contributed by atoms with van der Waals surface area (Å²) in [6.07, 6.45) is 0. The zero-order chi connectivity index (χ0) is 8.43. The predicted molar refractivity (Wildman–Crippen MR) is 42.6 cm³/mol. The van der Waals surface area contributed by atoms with Crippen molar-refractivity contribution in [2.45, 2.75) is 6.92 Å². The second kappa shape index (κ2) is 2.81. The topological polar surface area (TPSA) is 44.0 Å². The standard InChI is InChI=1S/C8H6ClNO/c1-5-6(4-10)7(9)2-3-8(5)11/h2-3,11H,1H3. The lowest BCUT2D eigenvalue weighted by atomic mass is 10.1. The molecule has 1 aromatic rings. The Morgan fingerprint density at radius 1 is 1.55 bits per heavy atom. The minimum atomic E-state index is 0.103. The maximum absolute atomic E-state index is 9.15. The van der Waals surface area contributed by atoms with Crippen molar-refractivity contribution in [1.29, 1.82) is 5.26 Å². The Morgan fingerprint density at radius 3 is 2.64 bits per heavy atom. The van der Waals surface area contributed by atoms with Crippen LogP contribution in [0.3, 0.4) is 0 Å². The van der Waals surface area contributed by atoms with Crippen LogP contribution in [0.5, 0.6) is 5.75 Å². The maximum Gasteiger partial charge on any atom is 0.119 e. The Balaban J connectivity index is 3.44. The number of rotatable bonds is 0. The van der Waals surface area contributed by atoms with Crippen LogP contribution in [-0.4, -0.2) is 5.11 Å². The fraction of sp³-hybridized carbons (Fsp3) is 0.125. The van der Waals surface area contributed by atoms with E-state index in [1.54, 1.807) is 6.92 Å². The van der Waals surface area contributed by atoms with Crippen LogP contribution in [0, 0.1) is 18.3 Å². The van der Waals surface area contributed by atoms with Gasteiger partial charge >= 0.3 is 0 Å². The van der Waals surface area contributed by atoms with Gasteiger partial charge in [-0.15, -0.1) is 0 Å². The number of hydrogen-bond acceptors (Lipinski definition) is 2. The summed E-state index contributed by atoms with van der Waals surface area (Å²) in [5.74, 6) is 0.103. The first-order chi connectivity index (χ1) is 5.16. The largest absolute Gasteiger partial charge is 0.508 e. The molecule has 2 nitrogen and oxygen atoms in total. The van der Waals surface area contributed by atoms with Gasteiger partial charge in [0.2, 0.25) is 0 Å². The van der Waals surface area contributed by atoms with Gasteiger partial charge in [0, 0.05) is 5.56 Å². The first-order valence-corrected chi connectivity index (χ1v) is 3.42. The molecular weight excluding hydrogens is 162 g/mol. The third-order valence-electron chi connectivity index (χ3n) is 1.50. The van der Waals surface area contributed by atoms with Crippen molar-refractivity contribution in [3.63, 3.8) is 0 Å². The van der Waals surface area contributed by atoms with Gasteiger partial charge in [0.15, 0.2) is 0 Å². The summed E-state index contributed by atoms with van der Waals surface area (Å²) in [5.41, 5.74) is 0.867. The Kier molecular flexibility index (Phi) is 2.02. The lowest BCUT2D eigenvalue weighted by molar-refractivity contribution is 0.471. The monoisotopic (exact) mass is 167 g/mol. The highest BCUT2D eigenvalue weighted by Gasteiger charge is 2.05. The molecule has 0 spiro atoms. The summed E-state index contributed by atoms with van der Waals surface area (Å²) in [7, 11) is 0. The summed E-state index contributed by atoms with van der Waals surface area (Å²) in [4.78, 5) is 0. The van der Waals surface area contributed by atoms with Crippen LogP contribution in [-0.2, 0) is 0 Å². The Labute approximate surface area is 69.7 Å². The van der Waals surface area contributed by atoms with E-state index >= 15 is 0 Å². The van der Waals surface area contributed by atoms with Gasteiger partial charge < -0.3 is 5.11 Å². The quantitative estimate of drug-likeness (QED) is 0.644. The summed E-state index contributed by atoms with van der Waals surface area (Å²) in [6, 6.07) is 4.89. The maximum atomic E-state index is 9.15. The van der Waals surface area contributed by atoms with Gasteiger partial charge in [-0.1, -0.05) is 11.6 Å². The van der Waals surface area contributed by atoms with Crippen molar-refractivity contribution in [1.82, 2.24) is 0 Å². The lowest BCUT2D eigenvalue weighted by Crippen LogP contribution is -1.83. The summed E-state index contributed by atoms with van der Waals surface area (Å²) >= 11 is 5.67. The van der Waals surface area contributed by atoms with E-state index in [1.165, 1.54) is 12.1 Å². The third-order valence-corrected chi connectivity index (χ3v) is 1.81. The van der Waals surface area contributed by atoms with E-state index in [4.69, 9.17) is 22.0 Å². The van der Waals surface area contributed by atoms with Gasteiger partial charge in [-0.2, -0.15) is 5.26 Å². The van der Waals surface area contributed by atoms with Crippen LogP contribution >= 0.6 is 11.6 Å². The summed E-state index contributed by atoms with van der Waals surface area (Å²) in [5, 5.41) is 18.1.